The molecule has 16 heteroatoms. The second-order valence-corrected chi connectivity index (χ2v) is 8.32. The summed E-state index contributed by atoms with van der Waals surface area (Å²) in [5, 5.41) is 14.2. The lowest BCUT2D eigenvalue weighted by Crippen LogP contribution is -2.65. The Balaban J connectivity index is 0.000000301. The number of halogens is 6. The fourth-order valence-electron chi connectivity index (χ4n) is 3.54. The summed E-state index contributed by atoms with van der Waals surface area (Å²) >= 11 is 0. The summed E-state index contributed by atoms with van der Waals surface area (Å²) in [6.45, 7) is 5.41. The van der Waals surface area contributed by atoms with Gasteiger partial charge in [-0.2, -0.15) is 26.3 Å². The average molecular weight is 554 g/mol. The molecule has 4 heterocycles. The Morgan fingerprint density at radius 2 is 1.66 bits per heavy atom. The van der Waals surface area contributed by atoms with Gasteiger partial charge < -0.3 is 19.7 Å². The topological polar surface area (TPSA) is 135 Å². The van der Waals surface area contributed by atoms with E-state index in [1.165, 1.54) is 0 Å². The van der Waals surface area contributed by atoms with E-state index in [-0.39, 0.29) is 11.7 Å². The van der Waals surface area contributed by atoms with Crippen molar-refractivity contribution in [2.24, 2.45) is 0 Å². The van der Waals surface area contributed by atoms with Gasteiger partial charge in [-0.15, -0.1) is 0 Å². The second kappa shape index (κ2) is 12.8. The van der Waals surface area contributed by atoms with Crippen LogP contribution in [0, 0.1) is 6.92 Å². The van der Waals surface area contributed by atoms with Crippen LogP contribution in [0.25, 0.3) is 0 Å². The van der Waals surface area contributed by atoms with Crippen molar-refractivity contribution in [1.82, 2.24) is 19.9 Å². The summed E-state index contributed by atoms with van der Waals surface area (Å²) in [5.74, 6) is -5.51. The zero-order valence-corrected chi connectivity index (χ0v) is 19.9. The minimum atomic E-state index is -5.08. The molecule has 0 radical (unpaired) electrons. The Kier molecular flexibility index (Phi) is 10.4. The zero-order chi connectivity index (χ0) is 28.6. The number of hydrogen-bond donors (Lipinski definition) is 2. The molecule has 10 nitrogen and oxygen atoms in total. The van der Waals surface area contributed by atoms with Crippen molar-refractivity contribution >= 4 is 11.9 Å². The lowest BCUT2D eigenvalue weighted by atomic mass is 9.84. The van der Waals surface area contributed by atoms with Crippen molar-refractivity contribution in [3.05, 3.63) is 48.0 Å². The highest BCUT2D eigenvalue weighted by atomic mass is 19.4. The first kappa shape index (κ1) is 30.7. The summed E-state index contributed by atoms with van der Waals surface area (Å²) in [4.78, 5) is 33.1. The van der Waals surface area contributed by atoms with Gasteiger partial charge in [-0.25, -0.2) is 19.6 Å². The van der Waals surface area contributed by atoms with Crippen LogP contribution in [0.3, 0.4) is 0 Å². The van der Waals surface area contributed by atoms with E-state index in [0.717, 1.165) is 50.5 Å². The van der Waals surface area contributed by atoms with Crippen molar-refractivity contribution in [3.8, 4) is 6.01 Å². The molecule has 0 amide bonds. The van der Waals surface area contributed by atoms with Crippen LogP contribution in [-0.2, 0) is 20.9 Å². The maximum atomic E-state index is 10.6. The molecule has 0 bridgehead atoms. The third-order valence-electron chi connectivity index (χ3n) is 5.11. The number of aromatic nitrogens is 3. The van der Waals surface area contributed by atoms with Crippen LogP contribution < -0.4 is 4.74 Å². The Labute approximate surface area is 212 Å². The van der Waals surface area contributed by atoms with Crippen LogP contribution in [0.15, 0.2) is 36.7 Å². The number of alkyl halides is 6. The van der Waals surface area contributed by atoms with Crippen LogP contribution in [-0.4, -0.2) is 85.8 Å². The first-order valence-electron chi connectivity index (χ1n) is 10.9. The molecule has 2 aromatic heterocycles. The van der Waals surface area contributed by atoms with Gasteiger partial charge in [0.2, 0.25) is 0 Å². The summed E-state index contributed by atoms with van der Waals surface area (Å²) in [6, 6.07) is 8.39. The molecule has 1 spiro atoms. The monoisotopic (exact) mass is 554 g/mol. The molecule has 0 saturated carbocycles. The van der Waals surface area contributed by atoms with Crippen LogP contribution >= 0.6 is 0 Å². The fourth-order valence-corrected chi connectivity index (χ4v) is 3.54. The number of rotatable bonds is 4. The second-order valence-electron chi connectivity index (χ2n) is 8.32. The van der Waals surface area contributed by atoms with Gasteiger partial charge in [-0.3, -0.25) is 9.88 Å². The number of aliphatic carboxylic acids is 2. The first-order valence-corrected chi connectivity index (χ1v) is 10.9. The molecular formula is C22H24F6N4O6. The number of ether oxygens (including phenoxy) is 2. The molecule has 2 N–H and O–H groups in total. The molecule has 4 rings (SSSR count). The van der Waals surface area contributed by atoms with Gasteiger partial charge in [0.25, 0.3) is 0 Å². The Bertz CT molecular complexity index is 1040. The van der Waals surface area contributed by atoms with Crippen molar-refractivity contribution in [1.29, 1.82) is 0 Å². The average Bonchev–Trinajstić information content (AvgIpc) is 2.79. The van der Waals surface area contributed by atoms with Gasteiger partial charge in [-0.05, 0) is 25.1 Å². The number of carbonyl (C=O) groups is 2. The molecule has 1 atom stereocenters. The highest BCUT2D eigenvalue weighted by Crippen LogP contribution is 2.36. The quantitative estimate of drug-likeness (QED) is 0.543. The molecule has 210 valence electrons. The summed E-state index contributed by atoms with van der Waals surface area (Å²) in [6.07, 6.45) is -4.68. The van der Waals surface area contributed by atoms with Gasteiger partial charge in [0.15, 0.2) is 0 Å². The molecule has 0 aromatic carbocycles. The number of hydrogen-bond acceptors (Lipinski definition) is 8. The number of carboxylic acids is 2. The normalized spacial score (nSPS) is 18.7. The lowest BCUT2D eigenvalue weighted by Gasteiger charge is -2.52. The third-order valence-corrected chi connectivity index (χ3v) is 5.11. The Morgan fingerprint density at radius 3 is 2.16 bits per heavy atom. The lowest BCUT2D eigenvalue weighted by molar-refractivity contribution is -0.193. The first-order chi connectivity index (χ1) is 17.6. The fraction of sp³-hybridized carbons (Fsp3) is 0.500. The number of likely N-dealkylation sites (tertiary alicyclic amines) is 1. The van der Waals surface area contributed by atoms with E-state index < -0.39 is 24.3 Å². The number of pyridine rings is 1. The van der Waals surface area contributed by atoms with E-state index in [1.54, 1.807) is 6.20 Å². The highest BCUT2D eigenvalue weighted by Gasteiger charge is 2.48. The molecule has 2 aliphatic heterocycles. The molecule has 2 saturated heterocycles. The van der Waals surface area contributed by atoms with Crippen molar-refractivity contribution < 1.29 is 55.6 Å². The SMILES string of the molecule is Cc1ccnc(OC2CCOC3(C2)CN(Cc2ccccn2)C3)n1.O=C(O)C(F)(F)F.O=C(O)C(F)(F)F. The third kappa shape index (κ3) is 10.1. The molecule has 2 aliphatic rings. The van der Waals surface area contributed by atoms with E-state index in [4.69, 9.17) is 29.3 Å². The largest absolute Gasteiger partial charge is 0.490 e. The smallest absolute Gasteiger partial charge is 0.475 e. The Hall–Kier alpha value is -3.53. The molecule has 0 aliphatic carbocycles. The summed E-state index contributed by atoms with van der Waals surface area (Å²) < 4.78 is 75.5. The van der Waals surface area contributed by atoms with E-state index in [1.807, 2.05) is 31.3 Å². The summed E-state index contributed by atoms with van der Waals surface area (Å²) in [5.41, 5.74) is 1.94. The minimum Gasteiger partial charge on any atom is -0.475 e. The molecule has 2 aromatic rings. The van der Waals surface area contributed by atoms with Crippen molar-refractivity contribution in [2.45, 2.75) is 50.4 Å². The van der Waals surface area contributed by atoms with Crippen LogP contribution in [0.5, 0.6) is 6.01 Å². The van der Waals surface area contributed by atoms with E-state index in [0.29, 0.717) is 6.01 Å². The zero-order valence-electron chi connectivity index (χ0n) is 19.9. The predicted octanol–water partition coefficient (Wildman–Crippen LogP) is 3.26. The highest BCUT2D eigenvalue weighted by molar-refractivity contribution is 5.73. The minimum absolute atomic E-state index is 0.0818. The van der Waals surface area contributed by atoms with Gasteiger partial charge in [-0.1, -0.05) is 6.07 Å². The van der Waals surface area contributed by atoms with Gasteiger partial charge >= 0.3 is 30.3 Å². The summed E-state index contributed by atoms with van der Waals surface area (Å²) in [7, 11) is 0. The predicted molar refractivity (Wildman–Crippen MR) is 116 cm³/mol. The van der Waals surface area contributed by atoms with Gasteiger partial charge in [0.05, 0.1) is 17.9 Å². The molecular weight excluding hydrogens is 530 g/mol. The maximum Gasteiger partial charge on any atom is 0.490 e. The van der Waals surface area contributed by atoms with Crippen molar-refractivity contribution in [2.75, 3.05) is 19.7 Å². The molecule has 38 heavy (non-hydrogen) atoms. The van der Waals surface area contributed by atoms with E-state index in [2.05, 4.69) is 25.9 Å². The number of nitrogens with zero attached hydrogens (tertiary/aromatic N) is 4. The molecule has 1 unspecified atom stereocenters. The molecule has 2 fully saturated rings. The van der Waals surface area contributed by atoms with Crippen LogP contribution in [0.2, 0.25) is 0 Å². The van der Waals surface area contributed by atoms with E-state index >= 15 is 0 Å². The van der Waals surface area contributed by atoms with Gasteiger partial charge in [0, 0.05) is 50.6 Å². The standard InChI is InChI=1S/C18H22N4O2.2C2HF3O2/c1-14-5-8-20-17(21-14)24-16-6-9-23-18(10-16)12-22(13-18)11-15-4-2-3-7-19-15;2*3-2(4,5)1(6)7/h2-5,7-8,16H,6,9-13H2,1H3;2*(H,6,7). The number of aryl methyl sites for hydroxylation is 1. The maximum absolute atomic E-state index is 10.6. The van der Waals surface area contributed by atoms with E-state index in [9.17, 15) is 26.3 Å². The number of carboxylic acid groups (broad SMARTS) is 2. The van der Waals surface area contributed by atoms with Crippen LogP contribution in [0.4, 0.5) is 26.3 Å². The Morgan fingerprint density at radius 1 is 1.05 bits per heavy atom. The van der Waals surface area contributed by atoms with Crippen molar-refractivity contribution in [3.63, 3.8) is 0 Å². The van der Waals surface area contributed by atoms with Crippen LogP contribution in [0.1, 0.15) is 24.2 Å². The van der Waals surface area contributed by atoms with Gasteiger partial charge in [0.1, 0.15) is 6.10 Å².